The molecule has 128 valence electrons. The van der Waals surface area contributed by atoms with Crippen LogP contribution in [0.2, 0.25) is 0 Å². The second-order valence-electron chi connectivity index (χ2n) is 7.13. The van der Waals surface area contributed by atoms with Gasteiger partial charge in [-0.25, -0.2) is 4.98 Å². The highest BCUT2D eigenvalue weighted by Crippen LogP contribution is 2.28. The molecule has 1 N–H and O–H groups in total. The zero-order valence-corrected chi connectivity index (χ0v) is 14.9. The van der Waals surface area contributed by atoms with Gasteiger partial charge >= 0.3 is 0 Å². The van der Waals surface area contributed by atoms with Crippen LogP contribution in [0.1, 0.15) is 57.7 Å². The number of nitrogens with zero attached hydrogens (tertiary/aromatic N) is 3. The Labute approximate surface area is 143 Å². The Morgan fingerprint density at radius 3 is 2.91 bits per heavy atom. The maximum atomic E-state index is 12.3. The van der Waals surface area contributed by atoms with Crippen molar-refractivity contribution in [2.45, 2.75) is 63.4 Å². The molecule has 1 aromatic heterocycles. The summed E-state index contributed by atoms with van der Waals surface area (Å²) >= 11 is 1.46. The molecule has 1 aliphatic carbocycles. The minimum absolute atomic E-state index is 0.221. The SMILES string of the molecule is CC1CCCN(C(=O)CSc2n[nH]c(CCC3CCCC3)n2)C1. The summed E-state index contributed by atoms with van der Waals surface area (Å²) in [6.45, 7) is 4.03. The number of hydrogen-bond donors (Lipinski definition) is 1. The summed E-state index contributed by atoms with van der Waals surface area (Å²) in [4.78, 5) is 18.8. The number of carbonyl (C=O) groups is 1. The van der Waals surface area contributed by atoms with Gasteiger partial charge in [-0.15, -0.1) is 5.10 Å². The fraction of sp³-hybridized carbons (Fsp3) is 0.824. The Morgan fingerprint density at radius 2 is 2.13 bits per heavy atom. The minimum atomic E-state index is 0.221. The Kier molecular flexibility index (Phi) is 5.97. The molecule has 1 aliphatic heterocycles. The van der Waals surface area contributed by atoms with Crippen LogP contribution in [-0.4, -0.2) is 44.8 Å². The molecule has 1 saturated heterocycles. The van der Waals surface area contributed by atoms with E-state index in [1.54, 1.807) is 0 Å². The van der Waals surface area contributed by atoms with E-state index in [9.17, 15) is 4.79 Å². The molecule has 1 saturated carbocycles. The van der Waals surface area contributed by atoms with Crippen molar-refractivity contribution in [3.8, 4) is 0 Å². The number of hydrogen-bond acceptors (Lipinski definition) is 4. The Hall–Kier alpha value is -1.04. The topological polar surface area (TPSA) is 61.9 Å². The number of aromatic amines is 1. The van der Waals surface area contributed by atoms with Crippen LogP contribution in [0.4, 0.5) is 0 Å². The molecule has 1 atom stereocenters. The number of piperidine rings is 1. The third kappa shape index (κ3) is 4.96. The summed E-state index contributed by atoms with van der Waals surface area (Å²) in [7, 11) is 0. The highest BCUT2D eigenvalue weighted by Gasteiger charge is 2.21. The van der Waals surface area contributed by atoms with Crippen molar-refractivity contribution in [2.75, 3.05) is 18.8 Å². The predicted molar refractivity (Wildman–Crippen MR) is 92.4 cm³/mol. The van der Waals surface area contributed by atoms with Crippen molar-refractivity contribution in [3.63, 3.8) is 0 Å². The van der Waals surface area contributed by atoms with Crippen LogP contribution in [0.3, 0.4) is 0 Å². The molecule has 3 rings (SSSR count). The van der Waals surface area contributed by atoms with Crippen LogP contribution in [0.25, 0.3) is 0 Å². The average Bonchev–Trinajstić information content (AvgIpc) is 3.22. The van der Waals surface area contributed by atoms with Crippen molar-refractivity contribution < 1.29 is 4.79 Å². The highest BCUT2D eigenvalue weighted by atomic mass is 32.2. The number of aryl methyl sites for hydroxylation is 1. The molecule has 6 heteroatoms. The number of nitrogens with one attached hydrogen (secondary N) is 1. The first-order valence-corrected chi connectivity index (χ1v) is 10.0. The van der Waals surface area contributed by atoms with Crippen LogP contribution >= 0.6 is 11.8 Å². The summed E-state index contributed by atoms with van der Waals surface area (Å²) in [6, 6.07) is 0. The van der Waals surface area contributed by atoms with Gasteiger partial charge in [-0.1, -0.05) is 44.4 Å². The first kappa shape index (κ1) is 16.8. The normalized spacial score (nSPS) is 22.7. The van der Waals surface area contributed by atoms with Gasteiger partial charge in [-0.3, -0.25) is 9.89 Å². The van der Waals surface area contributed by atoms with E-state index in [1.807, 2.05) is 4.90 Å². The zero-order valence-electron chi connectivity index (χ0n) is 14.1. The molecule has 1 aromatic rings. The van der Waals surface area contributed by atoms with Crippen LogP contribution < -0.4 is 0 Å². The maximum absolute atomic E-state index is 12.3. The number of aromatic nitrogens is 3. The Balaban J connectivity index is 1.40. The van der Waals surface area contributed by atoms with Crippen molar-refractivity contribution in [1.82, 2.24) is 20.1 Å². The lowest BCUT2D eigenvalue weighted by molar-refractivity contribution is -0.130. The largest absolute Gasteiger partial charge is 0.342 e. The van der Waals surface area contributed by atoms with Gasteiger partial charge < -0.3 is 4.90 Å². The first-order valence-electron chi connectivity index (χ1n) is 9.02. The second kappa shape index (κ2) is 8.18. The van der Waals surface area contributed by atoms with E-state index >= 15 is 0 Å². The fourth-order valence-corrected chi connectivity index (χ4v) is 4.45. The fourth-order valence-electron chi connectivity index (χ4n) is 3.73. The molecule has 0 bridgehead atoms. The minimum Gasteiger partial charge on any atom is -0.342 e. The van der Waals surface area contributed by atoms with Gasteiger partial charge in [-0.05, 0) is 31.1 Å². The standard InChI is InChI=1S/C17H28N4OS/c1-13-5-4-10-21(11-13)16(22)12-23-17-18-15(19-20-17)9-8-14-6-2-3-7-14/h13-14H,2-12H2,1H3,(H,18,19,20). The third-order valence-electron chi connectivity index (χ3n) is 5.11. The smallest absolute Gasteiger partial charge is 0.233 e. The molecule has 1 unspecified atom stereocenters. The van der Waals surface area contributed by atoms with Gasteiger partial charge in [0.2, 0.25) is 11.1 Å². The summed E-state index contributed by atoms with van der Waals surface area (Å²) in [5, 5.41) is 8.00. The average molecular weight is 337 g/mol. The van der Waals surface area contributed by atoms with E-state index in [-0.39, 0.29) is 5.91 Å². The lowest BCUT2D eigenvalue weighted by atomic mass is 10.0. The van der Waals surface area contributed by atoms with Gasteiger partial charge in [0, 0.05) is 19.5 Å². The quantitative estimate of drug-likeness (QED) is 0.810. The molecule has 2 heterocycles. The van der Waals surface area contributed by atoms with E-state index < -0.39 is 0 Å². The number of rotatable bonds is 6. The van der Waals surface area contributed by atoms with Gasteiger partial charge in [0.1, 0.15) is 5.82 Å². The Bertz CT molecular complexity index is 512. The third-order valence-corrected chi connectivity index (χ3v) is 5.94. The predicted octanol–water partition coefficient (Wildman–Crippen LogP) is 3.28. The molecule has 1 amide bonds. The summed E-state index contributed by atoms with van der Waals surface area (Å²) < 4.78 is 0. The van der Waals surface area contributed by atoms with E-state index in [0.29, 0.717) is 16.8 Å². The summed E-state index contributed by atoms with van der Waals surface area (Å²) in [6.07, 6.45) is 10.1. The number of likely N-dealkylation sites (tertiary alicyclic amines) is 1. The number of amides is 1. The van der Waals surface area contributed by atoms with Crippen molar-refractivity contribution in [2.24, 2.45) is 11.8 Å². The first-order chi connectivity index (χ1) is 11.2. The Morgan fingerprint density at radius 1 is 1.30 bits per heavy atom. The van der Waals surface area contributed by atoms with Crippen LogP contribution in [-0.2, 0) is 11.2 Å². The molecular formula is C17H28N4OS. The van der Waals surface area contributed by atoms with Crippen LogP contribution in [0, 0.1) is 11.8 Å². The zero-order chi connectivity index (χ0) is 16.1. The maximum Gasteiger partial charge on any atom is 0.233 e. The number of H-pyrrole nitrogens is 1. The van der Waals surface area contributed by atoms with Crippen molar-refractivity contribution >= 4 is 17.7 Å². The van der Waals surface area contributed by atoms with Crippen LogP contribution in [0.5, 0.6) is 0 Å². The molecule has 5 nitrogen and oxygen atoms in total. The van der Waals surface area contributed by atoms with Gasteiger partial charge in [0.05, 0.1) is 5.75 Å². The molecule has 2 aliphatic rings. The van der Waals surface area contributed by atoms with Crippen LogP contribution in [0.15, 0.2) is 5.16 Å². The molecule has 0 spiro atoms. The van der Waals surface area contributed by atoms with Crippen molar-refractivity contribution in [1.29, 1.82) is 0 Å². The molecule has 23 heavy (non-hydrogen) atoms. The van der Waals surface area contributed by atoms with E-state index in [0.717, 1.165) is 37.7 Å². The lowest BCUT2D eigenvalue weighted by Crippen LogP contribution is -2.40. The molecular weight excluding hydrogens is 308 g/mol. The summed E-state index contributed by atoms with van der Waals surface area (Å²) in [5.74, 6) is 3.15. The molecule has 0 aromatic carbocycles. The van der Waals surface area contributed by atoms with Crippen molar-refractivity contribution in [3.05, 3.63) is 5.82 Å². The number of carbonyl (C=O) groups excluding carboxylic acids is 1. The van der Waals surface area contributed by atoms with Gasteiger partial charge in [-0.2, -0.15) is 0 Å². The van der Waals surface area contributed by atoms with E-state index in [2.05, 4.69) is 22.1 Å². The monoisotopic (exact) mass is 336 g/mol. The van der Waals surface area contributed by atoms with E-state index in [4.69, 9.17) is 0 Å². The van der Waals surface area contributed by atoms with Gasteiger partial charge in [0.25, 0.3) is 0 Å². The van der Waals surface area contributed by atoms with E-state index in [1.165, 1.54) is 50.3 Å². The van der Waals surface area contributed by atoms with Gasteiger partial charge in [0.15, 0.2) is 0 Å². The number of thioether (sulfide) groups is 1. The molecule has 0 radical (unpaired) electrons. The molecule has 2 fully saturated rings. The summed E-state index contributed by atoms with van der Waals surface area (Å²) in [5.41, 5.74) is 0. The second-order valence-corrected chi connectivity index (χ2v) is 8.07. The lowest BCUT2D eigenvalue weighted by Gasteiger charge is -2.30. The highest BCUT2D eigenvalue weighted by molar-refractivity contribution is 7.99.